The molecule has 2 unspecified atom stereocenters. The highest BCUT2D eigenvalue weighted by Crippen LogP contribution is 2.46. The quantitative estimate of drug-likeness (QED) is 0.711. The van der Waals surface area contributed by atoms with Gasteiger partial charge in [-0.1, -0.05) is 12.1 Å². The second-order valence-electron chi connectivity index (χ2n) is 6.38. The molecule has 24 heavy (non-hydrogen) atoms. The second-order valence-corrected chi connectivity index (χ2v) is 6.38. The van der Waals surface area contributed by atoms with Crippen molar-refractivity contribution < 1.29 is 24.2 Å². The van der Waals surface area contributed by atoms with Crippen LogP contribution in [0.15, 0.2) is 24.3 Å². The van der Waals surface area contributed by atoms with Crippen LogP contribution in [-0.2, 0) is 25.5 Å². The van der Waals surface area contributed by atoms with E-state index in [0.717, 1.165) is 5.56 Å². The summed E-state index contributed by atoms with van der Waals surface area (Å²) >= 11 is 0. The van der Waals surface area contributed by atoms with E-state index >= 15 is 0 Å². The zero-order valence-corrected chi connectivity index (χ0v) is 13.2. The number of aromatic hydroxyl groups is 1. The maximum Gasteiger partial charge on any atom is 0.252 e. The fourth-order valence-corrected chi connectivity index (χ4v) is 3.80. The van der Waals surface area contributed by atoms with Crippen molar-refractivity contribution in [2.45, 2.75) is 43.2 Å². The molecule has 7 heteroatoms. The van der Waals surface area contributed by atoms with Gasteiger partial charge in [0, 0.05) is 6.42 Å². The van der Waals surface area contributed by atoms with Gasteiger partial charge in [0.05, 0.1) is 0 Å². The van der Waals surface area contributed by atoms with Crippen LogP contribution < -0.4 is 11.1 Å². The summed E-state index contributed by atoms with van der Waals surface area (Å²) in [6.45, 7) is -0.213. The van der Waals surface area contributed by atoms with Crippen LogP contribution in [0, 0.1) is 0 Å². The molecule has 2 atom stereocenters. The summed E-state index contributed by atoms with van der Waals surface area (Å²) in [5.41, 5.74) is 3.53. The zero-order chi connectivity index (χ0) is 17.4. The molecule has 2 aliphatic rings. The third-order valence-corrected chi connectivity index (χ3v) is 5.00. The van der Waals surface area contributed by atoms with Crippen molar-refractivity contribution in [1.29, 1.82) is 0 Å². The first-order valence-corrected chi connectivity index (χ1v) is 7.96. The van der Waals surface area contributed by atoms with E-state index in [0.29, 0.717) is 25.7 Å². The Morgan fingerprint density at radius 1 is 1.33 bits per heavy atom. The highest BCUT2D eigenvalue weighted by molar-refractivity contribution is 6.05. The highest BCUT2D eigenvalue weighted by Gasteiger charge is 2.68. The number of phenolic OH excluding ortho intramolecular Hbond substituents is 1. The number of aryl methyl sites for hydroxylation is 1. The molecule has 7 nitrogen and oxygen atoms in total. The van der Waals surface area contributed by atoms with E-state index in [1.54, 1.807) is 24.3 Å². The van der Waals surface area contributed by atoms with Gasteiger partial charge >= 0.3 is 0 Å². The number of ketones is 1. The van der Waals surface area contributed by atoms with Gasteiger partial charge in [-0.05, 0) is 43.4 Å². The molecule has 0 bridgehead atoms. The number of rotatable bonds is 5. The van der Waals surface area contributed by atoms with Crippen LogP contribution >= 0.6 is 0 Å². The number of carbonyl (C=O) groups is 3. The van der Waals surface area contributed by atoms with Crippen LogP contribution in [0.2, 0.25) is 0 Å². The highest BCUT2D eigenvalue weighted by atomic mass is 16.5. The summed E-state index contributed by atoms with van der Waals surface area (Å²) in [5.74, 6) is -1.22. The summed E-state index contributed by atoms with van der Waals surface area (Å²) in [6.07, 6.45) is 1.82. The molecule has 1 aliphatic carbocycles. The maximum absolute atomic E-state index is 12.4. The lowest BCUT2D eigenvalue weighted by Gasteiger charge is -2.35. The number of hydrogen-bond acceptors (Lipinski definition) is 5. The number of hydrogen-bond donors (Lipinski definition) is 3. The first-order valence-electron chi connectivity index (χ1n) is 7.96. The van der Waals surface area contributed by atoms with Gasteiger partial charge in [-0.3, -0.25) is 14.4 Å². The standard InChI is InChI=1S/C17H20N2O5/c18-15(23)17-8-2-7-16(17,13(21)10-24-17)19-14(22)6-5-11-3-1-4-12(20)9-11/h1,3-4,9,20H,2,5-8,10H2,(H2,18,23)(H,19,22). The fraction of sp³-hybridized carbons (Fsp3) is 0.471. The van der Waals surface area contributed by atoms with Gasteiger partial charge in [0.25, 0.3) is 5.91 Å². The SMILES string of the molecule is NC(=O)C12CCCC1(NC(=O)CCc1cccc(O)c1)C(=O)CO2. The molecule has 1 saturated carbocycles. The normalized spacial score (nSPS) is 28.6. The van der Waals surface area contributed by atoms with Gasteiger partial charge in [-0.25, -0.2) is 0 Å². The van der Waals surface area contributed by atoms with Gasteiger partial charge in [0.15, 0.2) is 11.4 Å². The molecular formula is C17H20N2O5. The maximum atomic E-state index is 12.4. The van der Waals surface area contributed by atoms with Crippen LogP contribution in [0.3, 0.4) is 0 Å². The first-order chi connectivity index (χ1) is 11.4. The summed E-state index contributed by atoms with van der Waals surface area (Å²) in [4.78, 5) is 36.7. The van der Waals surface area contributed by atoms with E-state index in [-0.39, 0.29) is 30.5 Å². The molecule has 0 radical (unpaired) electrons. The number of benzene rings is 1. The lowest BCUT2D eigenvalue weighted by atomic mass is 9.80. The molecule has 0 aromatic heterocycles. The van der Waals surface area contributed by atoms with Crippen molar-refractivity contribution >= 4 is 17.6 Å². The predicted molar refractivity (Wildman–Crippen MR) is 84.0 cm³/mol. The van der Waals surface area contributed by atoms with Crippen LogP contribution in [0.5, 0.6) is 5.75 Å². The Labute approximate surface area is 139 Å². The van der Waals surface area contributed by atoms with Crippen LogP contribution in [0.25, 0.3) is 0 Å². The predicted octanol–water partition coefficient (Wildman–Crippen LogP) is 0.187. The van der Waals surface area contributed by atoms with Crippen molar-refractivity contribution in [1.82, 2.24) is 5.32 Å². The monoisotopic (exact) mass is 332 g/mol. The van der Waals surface area contributed by atoms with E-state index < -0.39 is 17.0 Å². The average molecular weight is 332 g/mol. The first kappa shape index (κ1) is 16.4. The Kier molecular flexibility index (Phi) is 4.04. The molecule has 1 saturated heterocycles. The summed E-state index contributed by atoms with van der Waals surface area (Å²) in [7, 11) is 0. The molecular weight excluding hydrogens is 312 g/mol. The van der Waals surface area contributed by atoms with Crippen molar-refractivity contribution in [2.75, 3.05) is 6.61 Å². The number of fused-ring (bicyclic) bond motifs is 1. The van der Waals surface area contributed by atoms with E-state index in [2.05, 4.69) is 5.32 Å². The number of nitrogens with one attached hydrogen (secondary N) is 1. The Morgan fingerprint density at radius 3 is 2.83 bits per heavy atom. The fourth-order valence-electron chi connectivity index (χ4n) is 3.80. The molecule has 2 amide bonds. The number of amides is 2. The van der Waals surface area contributed by atoms with Crippen molar-refractivity contribution in [3.63, 3.8) is 0 Å². The van der Waals surface area contributed by atoms with Crippen molar-refractivity contribution in [2.24, 2.45) is 5.73 Å². The van der Waals surface area contributed by atoms with E-state index in [4.69, 9.17) is 10.5 Å². The minimum Gasteiger partial charge on any atom is -0.508 e. The van der Waals surface area contributed by atoms with Gasteiger partial charge in [-0.15, -0.1) is 0 Å². The van der Waals surface area contributed by atoms with Crippen molar-refractivity contribution in [3.05, 3.63) is 29.8 Å². The number of nitrogens with two attached hydrogens (primary N) is 1. The number of Topliss-reactive ketones (excluding diaryl/α,β-unsaturated/α-hetero) is 1. The van der Waals surface area contributed by atoms with Gasteiger partial charge in [0.1, 0.15) is 17.9 Å². The van der Waals surface area contributed by atoms with Crippen LogP contribution in [-0.4, -0.2) is 40.5 Å². The molecule has 1 aromatic carbocycles. The summed E-state index contributed by atoms with van der Waals surface area (Å²) in [6, 6.07) is 6.64. The Hall–Kier alpha value is -2.41. The lowest BCUT2D eigenvalue weighted by Crippen LogP contribution is -2.66. The summed E-state index contributed by atoms with van der Waals surface area (Å²) in [5, 5.41) is 12.2. The van der Waals surface area contributed by atoms with Gasteiger partial charge in [0.2, 0.25) is 5.91 Å². The minimum absolute atomic E-state index is 0.132. The number of primary amides is 1. The molecule has 1 aliphatic heterocycles. The molecule has 4 N–H and O–H groups in total. The van der Waals surface area contributed by atoms with Gasteiger partial charge < -0.3 is 20.9 Å². The summed E-state index contributed by atoms with van der Waals surface area (Å²) < 4.78 is 5.45. The smallest absolute Gasteiger partial charge is 0.252 e. The Balaban J connectivity index is 1.72. The molecule has 3 rings (SSSR count). The van der Waals surface area contributed by atoms with E-state index in [1.807, 2.05) is 0 Å². The molecule has 128 valence electrons. The number of carbonyl (C=O) groups excluding carboxylic acids is 3. The molecule has 1 aromatic rings. The van der Waals surface area contributed by atoms with Crippen LogP contribution in [0.4, 0.5) is 0 Å². The third kappa shape index (κ3) is 2.45. The molecule has 0 spiro atoms. The average Bonchev–Trinajstić information content (AvgIpc) is 3.02. The molecule has 2 fully saturated rings. The third-order valence-electron chi connectivity index (χ3n) is 5.00. The number of ether oxygens (including phenoxy) is 1. The Morgan fingerprint density at radius 2 is 2.12 bits per heavy atom. The second kappa shape index (κ2) is 5.90. The van der Waals surface area contributed by atoms with E-state index in [9.17, 15) is 19.5 Å². The molecule has 1 heterocycles. The largest absolute Gasteiger partial charge is 0.508 e. The van der Waals surface area contributed by atoms with Crippen molar-refractivity contribution in [3.8, 4) is 5.75 Å². The number of phenols is 1. The van der Waals surface area contributed by atoms with Crippen LogP contribution in [0.1, 0.15) is 31.2 Å². The minimum atomic E-state index is -1.43. The Bertz CT molecular complexity index is 704. The van der Waals surface area contributed by atoms with Gasteiger partial charge in [-0.2, -0.15) is 0 Å². The van der Waals surface area contributed by atoms with E-state index in [1.165, 1.54) is 0 Å². The lowest BCUT2D eigenvalue weighted by molar-refractivity contribution is -0.144. The topological polar surface area (TPSA) is 119 Å². The zero-order valence-electron chi connectivity index (χ0n) is 13.2.